The maximum atomic E-state index is 13.0. The molecule has 0 spiro atoms. The highest BCUT2D eigenvalue weighted by atomic mass is 19.1. The number of benzene rings is 2. The minimum absolute atomic E-state index is 0.241. The molecule has 2 aromatic carbocycles. The van der Waals surface area contributed by atoms with Crippen molar-refractivity contribution in [3.8, 4) is 5.69 Å². The molecule has 1 heterocycles. The van der Waals surface area contributed by atoms with E-state index in [1.54, 1.807) is 24.3 Å². The molecule has 0 radical (unpaired) electrons. The van der Waals surface area contributed by atoms with E-state index in [0.717, 1.165) is 28.2 Å². The number of aromatic nitrogens is 2. The van der Waals surface area contributed by atoms with Gasteiger partial charge in [-0.3, -0.25) is 0 Å². The Morgan fingerprint density at radius 3 is 2.29 bits per heavy atom. The van der Waals surface area contributed by atoms with Gasteiger partial charge in [-0.15, -0.1) is 0 Å². The summed E-state index contributed by atoms with van der Waals surface area (Å²) in [5.41, 5.74) is 5.43. The number of hydrogen-bond donors (Lipinski definition) is 0. The zero-order valence-electron chi connectivity index (χ0n) is 13.5. The van der Waals surface area contributed by atoms with Gasteiger partial charge in [-0.25, -0.2) is 13.9 Å². The molecule has 0 fully saturated rings. The molecule has 4 heteroatoms. The summed E-state index contributed by atoms with van der Waals surface area (Å²) in [6.45, 7) is 11.0. The molecule has 0 unspecified atom stereocenters. The largest absolute Gasteiger partial charge is 0.238 e. The van der Waals surface area contributed by atoms with E-state index in [-0.39, 0.29) is 5.82 Å². The molecular weight excluding hydrogens is 301 g/mol. The zero-order chi connectivity index (χ0) is 17.1. The van der Waals surface area contributed by atoms with Crippen molar-refractivity contribution in [3.05, 3.63) is 88.3 Å². The van der Waals surface area contributed by atoms with Crippen molar-refractivity contribution in [2.45, 2.75) is 13.8 Å². The SMILES string of the molecule is [C-]#[N+]c1ccc(-n2nc(C)c(C=Cc3ccc(F)cc3)c2C)cc1. The summed E-state index contributed by atoms with van der Waals surface area (Å²) in [5, 5.41) is 4.59. The van der Waals surface area contributed by atoms with Crippen LogP contribution in [-0.4, -0.2) is 9.78 Å². The average Bonchev–Trinajstić information content (AvgIpc) is 2.89. The molecule has 3 nitrogen and oxygen atoms in total. The van der Waals surface area contributed by atoms with Crippen LogP contribution in [0.4, 0.5) is 10.1 Å². The van der Waals surface area contributed by atoms with Gasteiger partial charge in [0.1, 0.15) is 5.82 Å². The maximum absolute atomic E-state index is 13.0. The summed E-state index contributed by atoms with van der Waals surface area (Å²) in [7, 11) is 0. The van der Waals surface area contributed by atoms with Gasteiger partial charge in [0, 0.05) is 11.3 Å². The van der Waals surface area contributed by atoms with Crippen LogP contribution in [0.5, 0.6) is 0 Å². The molecule has 0 saturated carbocycles. The normalized spacial score (nSPS) is 10.9. The molecule has 0 aliphatic heterocycles. The van der Waals surface area contributed by atoms with Crippen LogP contribution in [0.3, 0.4) is 0 Å². The van der Waals surface area contributed by atoms with Crippen LogP contribution in [0.15, 0.2) is 48.5 Å². The highest BCUT2D eigenvalue weighted by Gasteiger charge is 2.10. The quantitative estimate of drug-likeness (QED) is 0.597. The van der Waals surface area contributed by atoms with E-state index in [1.807, 2.05) is 42.8 Å². The van der Waals surface area contributed by atoms with Crippen molar-refractivity contribution < 1.29 is 4.39 Å². The standard InChI is InChI=1S/C20H16FN3/c1-14-20(13-6-16-4-7-17(21)8-5-16)15(2)24(23-14)19-11-9-18(22-3)10-12-19/h4-13H,1-2H3. The Balaban J connectivity index is 1.94. The molecule has 3 aromatic rings. The Morgan fingerprint density at radius 2 is 1.67 bits per heavy atom. The Labute approximate surface area is 140 Å². The van der Waals surface area contributed by atoms with Gasteiger partial charge in [0.15, 0.2) is 5.69 Å². The number of hydrogen-bond acceptors (Lipinski definition) is 1. The van der Waals surface area contributed by atoms with E-state index in [0.29, 0.717) is 5.69 Å². The van der Waals surface area contributed by atoms with E-state index in [4.69, 9.17) is 6.57 Å². The lowest BCUT2D eigenvalue weighted by molar-refractivity contribution is 0.628. The van der Waals surface area contributed by atoms with Crippen LogP contribution in [0.25, 0.3) is 22.7 Å². The van der Waals surface area contributed by atoms with Gasteiger partial charge in [-0.1, -0.05) is 36.4 Å². The summed E-state index contributed by atoms with van der Waals surface area (Å²) in [5.74, 6) is -0.241. The second-order valence-corrected chi connectivity index (χ2v) is 5.51. The van der Waals surface area contributed by atoms with Crippen LogP contribution in [-0.2, 0) is 0 Å². The third kappa shape index (κ3) is 3.11. The number of rotatable bonds is 3. The topological polar surface area (TPSA) is 22.2 Å². The number of halogens is 1. The average molecular weight is 317 g/mol. The summed E-state index contributed by atoms with van der Waals surface area (Å²) in [6.07, 6.45) is 3.94. The predicted molar refractivity (Wildman–Crippen MR) is 94.6 cm³/mol. The van der Waals surface area contributed by atoms with E-state index >= 15 is 0 Å². The fourth-order valence-electron chi connectivity index (χ4n) is 2.57. The highest BCUT2D eigenvalue weighted by Crippen LogP contribution is 2.22. The lowest BCUT2D eigenvalue weighted by atomic mass is 10.1. The Bertz CT molecular complexity index is 927. The zero-order valence-corrected chi connectivity index (χ0v) is 13.5. The minimum Gasteiger partial charge on any atom is -0.238 e. The van der Waals surface area contributed by atoms with Crippen molar-refractivity contribution in [2.75, 3.05) is 0 Å². The lowest BCUT2D eigenvalue weighted by Gasteiger charge is -2.04. The Hall–Kier alpha value is -3.19. The first-order valence-corrected chi connectivity index (χ1v) is 7.56. The Morgan fingerprint density at radius 1 is 1.00 bits per heavy atom. The molecule has 0 atom stereocenters. The third-order valence-corrected chi connectivity index (χ3v) is 3.88. The molecule has 0 aliphatic rings. The molecular formula is C20H16FN3. The molecule has 3 rings (SSSR count). The summed E-state index contributed by atoms with van der Waals surface area (Å²) in [4.78, 5) is 3.40. The molecule has 0 saturated heterocycles. The van der Waals surface area contributed by atoms with E-state index < -0.39 is 0 Å². The van der Waals surface area contributed by atoms with Gasteiger partial charge in [-0.05, 0) is 43.7 Å². The summed E-state index contributed by atoms with van der Waals surface area (Å²) in [6, 6.07) is 13.7. The van der Waals surface area contributed by atoms with Gasteiger partial charge in [0.25, 0.3) is 0 Å². The van der Waals surface area contributed by atoms with Crippen molar-refractivity contribution in [3.63, 3.8) is 0 Å². The van der Waals surface area contributed by atoms with Crippen molar-refractivity contribution in [1.29, 1.82) is 0 Å². The summed E-state index contributed by atoms with van der Waals surface area (Å²) < 4.78 is 14.8. The first-order chi connectivity index (χ1) is 11.6. The minimum atomic E-state index is -0.241. The van der Waals surface area contributed by atoms with Crippen molar-refractivity contribution in [2.24, 2.45) is 0 Å². The molecule has 0 N–H and O–H groups in total. The van der Waals surface area contributed by atoms with Gasteiger partial charge < -0.3 is 0 Å². The Kier molecular flexibility index (Phi) is 4.26. The van der Waals surface area contributed by atoms with Gasteiger partial charge in [0.2, 0.25) is 0 Å². The number of nitrogens with zero attached hydrogens (tertiary/aromatic N) is 3. The van der Waals surface area contributed by atoms with Crippen LogP contribution in [0.2, 0.25) is 0 Å². The molecule has 118 valence electrons. The molecule has 24 heavy (non-hydrogen) atoms. The smallest absolute Gasteiger partial charge is 0.187 e. The first kappa shape index (κ1) is 15.7. The van der Waals surface area contributed by atoms with Crippen LogP contribution in [0.1, 0.15) is 22.5 Å². The second kappa shape index (κ2) is 6.51. The van der Waals surface area contributed by atoms with Crippen LogP contribution in [0, 0.1) is 26.2 Å². The second-order valence-electron chi connectivity index (χ2n) is 5.51. The molecule has 1 aromatic heterocycles. The predicted octanol–water partition coefficient (Wildman–Crippen LogP) is 5.35. The van der Waals surface area contributed by atoms with Gasteiger partial charge in [0.05, 0.1) is 18.0 Å². The van der Waals surface area contributed by atoms with E-state index in [9.17, 15) is 4.39 Å². The van der Waals surface area contributed by atoms with E-state index in [2.05, 4.69) is 9.94 Å². The molecule has 0 aliphatic carbocycles. The lowest BCUT2D eigenvalue weighted by Crippen LogP contribution is -1.98. The van der Waals surface area contributed by atoms with Gasteiger partial charge >= 0.3 is 0 Å². The molecule has 0 bridgehead atoms. The van der Waals surface area contributed by atoms with Crippen molar-refractivity contribution in [1.82, 2.24) is 9.78 Å². The van der Waals surface area contributed by atoms with Crippen LogP contribution < -0.4 is 0 Å². The third-order valence-electron chi connectivity index (χ3n) is 3.88. The van der Waals surface area contributed by atoms with E-state index in [1.165, 1.54) is 12.1 Å². The summed E-state index contributed by atoms with van der Waals surface area (Å²) >= 11 is 0. The fourth-order valence-corrected chi connectivity index (χ4v) is 2.57. The van der Waals surface area contributed by atoms with Crippen LogP contribution >= 0.6 is 0 Å². The first-order valence-electron chi connectivity index (χ1n) is 7.56. The maximum Gasteiger partial charge on any atom is 0.187 e. The monoisotopic (exact) mass is 317 g/mol. The molecule has 0 amide bonds. The fraction of sp³-hybridized carbons (Fsp3) is 0.100. The highest BCUT2D eigenvalue weighted by molar-refractivity contribution is 5.72. The van der Waals surface area contributed by atoms with Crippen molar-refractivity contribution >= 4 is 17.8 Å². The van der Waals surface area contributed by atoms with Gasteiger partial charge in [-0.2, -0.15) is 5.10 Å². The number of aryl methyl sites for hydroxylation is 1.